The average molecular weight is 337 g/mol. The SMILES string of the molecule is N#C/C(=C/Nc1cccc(C(F)(F)F)c1)C(=O)NC1CCCCC1. The molecule has 1 aliphatic carbocycles. The molecule has 4 nitrogen and oxygen atoms in total. The van der Waals surface area contributed by atoms with Gasteiger partial charge in [-0.25, -0.2) is 0 Å². The second kappa shape index (κ2) is 7.86. The zero-order chi connectivity index (χ0) is 17.6. The lowest BCUT2D eigenvalue weighted by atomic mass is 9.95. The highest BCUT2D eigenvalue weighted by molar-refractivity contribution is 5.97. The number of rotatable bonds is 4. The minimum atomic E-state index is -4.45. The molecule has 0 heterocycles. The summed E-state index contributed by atoms with van der Waals surface area (Å²) < 4.78 is 38.0. The van der Waals surface area contributed by atoms with Crippen molar-refractivity contribution in [1.82, 2.24) is 5.32 Å². The van der Waals surface area contributed by atoms with E-state index in [2.05, 4.69) is 10.6 Å². The molecule has 24 heavy (non-hydrogen) atoms. The van der Waals surface area contributed by atoms with E-state index in [4.69, 9.17) is 5.26 Å². The molecule has 1 fully saturated rings. The molecule has 0 unspecified atom stereocenters. The summed E-state index contributed by atoms with van der Waals surface area (Å²) in [4.78, 5) is 12.1. The summed E-state index contributed by atoms with van der Waals surface area (Å²) in [7, 11) is 0. The second-order valence-electron chi connectivity index (χ2n) is 5.70. The van der Waals surface area contributed by atoms with E-state index < -0.39 is 17.6 Å². The highest BCUT2D eigenvalue weighted by Gasteiger charge is 2.30. The molecule has 2 rings (SSSR count). The van der Waals surface area contributed by atoms with Crippen molar-refractivity contribution in [2.45, 2.75) is 44.3 Å². The van der Waals surface area contributed by atoms with Gasteiger partial charge in [0.05, 0.1) is 5.56 Å². The Morgan fingerprint density at radius 3 is 2.58 bits per heavy atom. The molecule has 128 valence electrons. The molecule has 1 saturated carbocycles. The van der Waals surface area contributed by atoms with Crippen LogP contribution in [0.25, 0.3) is 0 Å². The molecule has 0 aliphatic heterocycles. The summed E-state index contributed by atoms with van der Waals surface area (Å²) in [6.07, 6.45) is 1.67. The van der Waals surface area contributed by atoms with Crippen molar-refractivity contribution in [2.75, 3.05) is 5.32 Å². The van der Waals surface area contributed by atoms with Gasteiger partial charge in [0.2, 0.25) is 0 Å². The number of nitrogens with zero attached hydrogens (tertiary/aromatic N) is 1. The van der Waals surface area contributed by atoms with Crippen molar-refractivity contribution in [3.8, 4) is 6.07 Å². The van der Waals surface area contributed by atoms with Crippen LogP contribution in [0.3, 0.4) is 0 Å². The highest BCUT2D eigenvalue weighted by Crippen LogP contribution is 2.30. The Bertz CT molecular complexity index is 656. The van der Waals surface area contributed by atoms with Crippen molar-refractivity contribution in [3.05, 3.63) is 41.6 Å². The minimum Gasteiger partial charge on any atom is -0.360 e. The van der Waals surface area contributed by atoms with E-state index in [0.29, 0.717) is 0 Å². The van der Waals surface area contributed by atoms with Gasteiger partial charge in [0.15, 0.2) is 0 Å². The lowest BCUT2D eigenvalue weighted by molar-refractivity contribution is -0.137. The van der Waals surface area contributed by atoms with Gasteiger partial charge in [0.25, 0.3) is 5.91 Å². The van der Waals surface area contributed by atoms with Crippen LogP contribution in [0.4, 0.5) is 18.9 Å². The van der Waals surface area contributed by atoms with E-state index in [1.165, 1.54) is 12.1 Å². The summed E-state index contributed by atoms with van der Waals surface area (Å²) in [5.74, 6) is -0.510. The van der Waals surface area contributed by atoms with E-state index in [-0.39, 0.29) is 17.3 Å². The quantitative estimate of drug-likeness (QED) is 0.645. The molecule has 0 bridgehead atoms. The first kappa shape index (κ1) is 17.9. The fraction of sp³-hybridized carbons (Fsp3) is 0.412. The van der Waals surface area contributed by atoms with Gasteiger partial charge in [0.1, 0.15) is 11.6 Å². The van der Waals surface area contributed by atoms with Crippen LogP contribution in [0.1, 0.15) is 37.7 Å². The number of anilines is 1. The first-order valence-corrected chi connectivity index (χ1v) is 7.75. The van der Waals surface area contributed by atoms with Gasteiger partial charge < -0.3 is 10.6 Å². The number of amides is 1. The van der Waals surface area contributed by atoms with E-state index >= 15 is 0 Å². The molecule has 0 aromatic heterocycles. The van der Waals surface area contributed by atoms with Gasteiger partial charge in [-0.2, -0.15) is 18.4 Å². The van der Waals surface area contributed by atoms with Crippen LogP contribution in [0, 0.1) is 11.3 Å². The molecule has 1 aromatic carbocycles. The summed E-state index contributed by atoms with van der Waals surface area (Å²) in [5.41, 5.74) is -0.813. The fourth-order valence-electron chi connectivity index (χ4n) is 2.60. The van der Waals surface area contributed by atoms with Gasteiger partial charge in [0, 0.05) is 17.9 Å². The Balaban J connectivity index is 2.02. The Kier molecular flexibility index (Phi) is 5.85. The van der Waals surface area contributed by atoms with Gasteiger partial charge in [-0.15, -0.1) is 0 Å². The van der Waals surface area contributed by atoms with E-state index in [9.17, 15) is 18.0 Å². The third-order valence-electron chi connectivity index (χ3n) is 3.88. The van der Waals surface area contributed by atoms with Crippen LogP contribution >= 0.6 is 0 Å². The van der Waals surface area contributed by atoms with Crippen LogP contribution in [0.5, 0.6) is 0 Å². The molecule has 0 spiro atoms. The Morgan fingerprint density at radius 2 is 1.96 bits per heavy atom. The lowest BCUT2D eigenvalue weighted by Crippen LogP contribution is -2.37. The Labute approximate surface area is 138 Å². The molecule has 1 aromatic rings. The average Bonchev–Trinajstić information content (AvgIpc) is 2.56. The largest absolute Gasteiger partial charge is 0.416 e. The van der Waals surface area contributed by atoms with Crippen molar-refractivity contribution < 1.29 is 18.0 Å². The van der Waals surface area contributed by atoms with Gasteiger partial charge in [-0.05, 0) is 31.0 Å². The molecule has 1 aliphatic rings. The van der Waals surface area contributed by atoms with Gasteiger partial charge >= 0.3 is 6.18 Å². The summed E-state index contributed by atoms with van der Waals surface area (Å²) in [5, 5.41) is 14.5. The molecule has 0 saturated heterocycles. The van der Waals surface area contributed by atoms with Crippen molar-refractivity contribution >= 4 is 11.6 Å². The van der Waals surface area contributed by atoms with Gasteiger partial charge in [-0.3, -0.25) is 4.79 Å². The molecule has 7 heteroatoms. The van der Waals surface area contributed by atoms with E-state index in [0.717, 1.165) is 50.4 Å². The molecular weight excluding hydrogens is 319 g/mol. The predicted octanol–water partition coefficient (Wildman–Crippen LogP) is 3.97. The van der Waals surface area contributed by atoms with Gasteiger partial charge in [-0.1, -0.05) is 25.3 Å². The second-order valence-corrected chi connectivity index (χ2v) is 5.70. The lowest BCUT2D eigenvalue weighted by Gasteiger charge is -2.22. The van der Waals surface area contributed by atoms with Crippen LogP contribution in [0.15, 0.2) is 36.0 Å². The zero-order valence-electron chi connectivity index (χ0n) is 13.0. The van der Waals surface area contributed by atoms with Crippen LogP contribution in [-0.2, 0) is 11.0 Å². The summed E-state index contributed by atoms with van der Waals surface area (Å²) in [6, 6.07) is 6.39. The topological polar surface area (TPSA) is 64.9 Å². The van der Waals surface area contributed by atoms with Crippen LogP contribution in [-0.4, -0.2) is 11.9 Å². The third-order valence-corrected chi connectivity index (χ3v) is 3.88. The number of nitrogens with one attached hydrogen (secondary N) is 2. The van der Waals surface area contributed by atoms with Crippen molar-refractivity contribution in [2.24, 2.45) is 0 Å². The maximum atomic E-state index is 12.7. The van der Waals surface area contributed by atoms with E-state index in [1.807, 2.05) is 0 Å². The number of hydrogen-bond donors (Lipinski definition) is 2. The number of benzene rings is 1. The standard InChI is InChI=1S/C17H18F3N3O/c18-17(19,20)13-5-4-8-15(9-13)22-11-12(10-21)16(24)23-14-6-2-1-3-7-14/h4-5,8-9,11,14,22H,1-3,6-7H2,(H,23,24)/b12-11-. The fourth-order valence-corrected chi connectivity index (χ4v) is 2.60. The smallest absolute Gasteiger partial charge is 0.360 e. The maximum absolute atomic E-state index is 12.7. The van der Waals surface area contributed by atoms with Crippen LogP contribution < -0.4 is 10.6 Å². The van der Waals surface area contributed by atoms with E-state index in [1.54, 1.807) is 6.07 Å². The normalized spacial score (nSPS) is 16.3. The Hall–Kier alpha value is -2.49. The molecule has 1 amide bonds. The maximum Gasteiger partial charge on any atom is 0.416 e. The summed E-state index contributed by atoms with van der Waals surface area (Å²) in [6.45, 7) is 0. The molecule has 0 atom stereocenters. The number of hydrogen-bond acceptors (Lipinski definition) is 3. The highest BCUT2D eigenvalue weighted by atomic mass is 19.4. The monoisotopic (exact) mass is 337 g/mol. The Morgan fingerprint density at radius 1 is 1.25 bits per heavy atom. The number of nitriles is 1. The first-order chi connectivity index (χ1) is 11.4. The minimum absolute atomic E-state index is 0.0524. The summed E-state index contributed by atoms with van der Waals surface area (Å²) >= 11 is 0. The predicted molar refractivity (Wildman–Crippen MR) is 83.8 cm³/mol. The number of alkyl halides is 3. The van der Waals surface area contributed by atoms with Crippen LogP contribution in [0.2, 0.25) is 0 Å². The van der Waals surface area contributed by atoms with Crippen molar-refractivity contribution in [1.29, 1.82) is 5.26 Å². The number of halogens is 3. The first-order valence-electron chi connectivity index (χ1n) is 7.75. The van der Waals surface area contributed by atoms with Crippen molar-refractivity contribution in [3.63, 3.8) is 0 Å². The zero-order valence-corrected chi connectivity index (χ0v) is 13.0. The molecular formula is C17H18F3N3O. The third kappa shape index (κ3) is 5.01. The molecule has 2 N–H and O–H groups in total. The molecule has 0 radical (unpaired) electrons. The number of carbonyl (C=O) groups is 1. The number of carbonyl (C=O) groups excluding carboxylic acids is 1.